The van der Waals surface area contributed by atoms with E-state index in [9.17, 15) is 4.79 Å². The van der Waals surface area contributed by atoms with Gasteiger partial charge in [0.1, 0.15) is 0 Å². The molecule has 3 aromatic carbocycles. The molecule has 1 N–H and O–H groups in total. The Hall–Kier alpha value is -2.26. The summed E-state index contributed by atoms with van der Waals surface area (Å²) >= 11 is 1.66. The minimum atomic E-state index is 0.0857. The molecule has 1 amide bonds. The Morgan fingerprint density at radius 3 is 2.36 bits per heavy atom. The van der Waals surface area contributed by atoms with E-state index >= 15 is 0 Å². The monoisotopic (exact) mass is 349 g/mol. The van der Waals surface area contributed by atoms with Crippen molar-refractivity contribution in [3.8, 4) is 0 Å². The van der Waals surface area contributed by atoms with E-state index in [4.69, 9.17) is 0 Å². The topological polar surface area (TPSA) is 29.1 Å². The quantitative estimate of drug-likeness (QED) is 0.678. The lowest BCUT2D eigenvalue weighted by molar-refractivity contribution is -0.118. The second-order valence-corrected chi connectivity index (χ2v) is 7.43. The first kappa shape index (κ1) is 17.6. The molecular formula is C22H23NOS. The third-order valence-electron chi connectivity index (χ3n) is 4.09. The first-order valence-corrected chi connectivity index (χ1v) is 9.65. The van der Waals surface area contributed by atoms with Gasteiger partial charge in [0.05, 0.1) is 5.75 Å². The zero-order chi connectivity index (χ0) is 17.6. The van der Waals surface area contributed by atoms with E-state index in [1.165, 1.54) is 27.5 Å². The highest BCUT2D eigenvalue weighted by molar-refractivity contribution is 7.99. The van der Waals surface area contributed by atoms with Crippen LogP contribution in [-0.4, -0.2) is 11.7 Å². The van der Waals surface area contributed by atoms with Crippen molar-refractivity contribution in [1.82, 2.24) is 5.32 Å². The average molecular weight is 349 g/mol. The molecular weight excluding hydrogens is 326 g/mol. The molecule has 25 heavy (non-hydrogen) atoms. The van der Waals surface area contributed by atoms with Crippen LogP contribution < -0.4 is 5.32 Å². The van der Waals surface area contributed by atoms with Crippen LogP contribution in [0.25, 0.3) is 10.8 Å². The normalized spacial score (nSPS) is 10.8. The minimum Gasteiger partial charge on any atom is -0.351 e. The third-order valence-corrected chi connectivity index (χ3v) is 5.09. The van der Waals surface area contributed by atoms with Crippen molar-refractivity contribution >= 4 is 28.4 Å². The number of amides is 1. The van der Waals surface area contributed by atoms with Crippen LogP contribution in [0.4, 0.5) is 0 Å². The number of thioether (sulfide) groups is 1. The summed E-state index contributed by atoms with van der Waals surface area (Å²) in [4.78, 5) is 12.1. The Kier molecular flexibility index (Phi) is 5.77. The predicted octanol–water partition coefficient (Wildman–Crippen LogP) is 5.01. The molecule has 0 bridgehead atoms. The van der Waals surface area contributed by atoms with Gasteiger partial charge in [-0.2, -0.15) is 0 Å². The highest BCUT2D eigenvalue weighted by Gasteiger charge is 2.04. The fourth-order valence-electron chi connectivity index (χ4n) is 3.01. The molecule has 0 fully saturated rings. The maximum Gasteiger partial charge on any atom is 0.230 e. The van der Waals surface area contributed by atoms with Gasteiger partial charge in [-0.1, -0.05) is 65.7 Å². The molecule has 0 aliphatic rings. The molecule has 0 heterocycles. The fourth-order valence-corrected chi connectivity index (χ4v) is 3.81. The molecule has 0 aliphatic heterocycles. The molecule has 3 rings (SSSR count). The highest BCUT2D eigenvalue weighted by Crippen LogP contribution is 2.17. The third kappa shape index (κ3) is 5.10. The van der Waals surface area contributed by atoms with Gasteiger partial charge in [0.25, 0.3) is 0 Å². The lowest BCUT2D eigenvalue weighted by atomic mass is 10.1. The Morgan fingerprint density at radius 1 is 0.880 bits per heavy atom. The van der Waals surface area contributed by atoms with Gasteiger partial charge < -0.3 is 5.32 Å². The Balaban J connectivity index is 1.47. The standard InChI is InChI=1S/C22H23NOS/c1-16-9-17(2)11-19(10-16)14-25-15-22(24)23-13-18-7-8-20-5-3-4-6-21(20)12-18/h3-12H,13-15H2,1-2H3,(H,23,24). The molecule has 3 heteroatoms. The number of nitrogens with one attached hydrogen (secondary N) is 1. The first-order chi connectivity index (χ1) is 12.1. The van der Waals surface area contributed by atoms with Crippen LogP contribution in [0, 0.1) is 13.8 Å². The molecule has 0 radical (unpaired) electrons. The lowest BCUT2D eigenvalue weighted by Gasteiger charge is -2.08. The van der Waals surface area contributed by atoms with Crippen LogP contribution in [0.3, 0.4) is 0 Å². The van der Waals surface area contributed by atoms with Crippen molar-refractivity contribution < 1.29 is 4.79 Å². The van der Waals surface area contributed by atoms with Crippen molar-refractivity contribution in [2.45, 2.75) is 26.1 Å². The van der Waals surface area contributed by atoms with E-state index in [1.807, 2.05) is 12.1 Å². The molecule has 0 saturated heterocycles. The second kappa shape index (κ2) is 8.21. The molecule has 0 saturated carbocycles. The van der Waals surface area contributed by atoms with Crippen molar-refractivity contribution in [1.29, 1.82) is 0 Å². The molecule has 0 spiro atoms. The van der Waals surface area contributed by atoms with E-state index in [0.717, 1.165) is 11.3 Å². The van der Waals surface area contributed by atoms with E-state index in [-0.39, 0.29) is 5.91 Å². The van der Waals surface area contributed by atoms with Gasteiger partial charge in [-0.15, -0.1) is 11.8 Å². The van der Waals surface area contributed by atoms with Crippen molar-refractivity contribution in [3.63, 3.8) is 0 Å². The van der Waals surface area contributed by atoms with Crippen molar-refractivity contribution in [2.75, 3.05) is 5.75 Å². The van der Waals surface area contributed by atoms with Gasteiger partial charge in [-0.3, -0.25) is 4.79 Å². The van der Waals surface area contributed by atoms with Crippen LogP contribution >= 0.6 is 11.8 Å². The van der Waals surface area contributed by atoms with E-state index in [1.54, 1.807) is 11.8 Å². The van der Waals surface area contributed by atoms with Crippen LogP contribution in [0.5, 0.6) is 0 Å². The van der Waals surface area contributed by atoms with Gasteiger partial charge in [0, 0.05) is 12.3 Å². The number of rotatable bonds is 6. The predicted molar refractivity (Wildman–Crippen MR) is 108 cm³/mol. The van der Waals surface area contributed by atoms with Gasteiger partial charge in [-0.25, -0.2) is 0 Å². The van der Waals surface area contributed by atoms with E-state index in [0.29, 0.717) is 12.3 Å². The summed E-state index contributed by atoms with van der Waals surface area (Å²) in [5.74, 6) is 1.44. The Morgan fingerprint density at radius 2 is 1.60 bits per heavy atom. The summed E-state index contributed by atoms with van der Waals surface area (Å²) < 4.78 is 0. The molecule has 0 atom stereocenters. The zero-order valence-electron chi connectivity index (χ0n) is 14.7. The Labute approximate surface area is 153 Å². The van der Waals surface area contributed by atoms with Gasteiger partial charge in [-0.05, 0) is 41.8 Å². The smallest absolute Gasteiger partial charge is 0.230 e. The average Bonchev–Trinajstić information content (AvgIpc) is 2.59. The molecule has 0 aromatic heterocycles. The number of carbonyl (C=O) groups excluding carboxylic acids is 1. The van der Waals surface area contributed by atoms with Gasteiger partial charge >= 0.3 is 0 Å². The summed E-state index contributed by atoms with van der Waals surface area (Å²) in [6.45, 7) is 4.79. The number of benzene rings is 3. The van der Waals surface area contributed by atoms with Crippen LogP contribution in [0.1, 0.15) is 22.3 Å². The lowest BCUT2D eigenvalue weighted by Crippen LogP contribution is -2.24. The van der Waals surface area contributed by atoms with E-state index in [2.05, 4.69) is 67.7 Å². The number of hydrogen-bond acceptors (Lipinski definition) is 2. The SMILES string of the molecule is Cc1cc(C)cc(CSCC(=O)NCc2ccc3ccccc3c2)c1. The summed E-state index contributed by atoms with van der Waals surface area (Å²) in [6.07, 6.45) is 0. The fraction of sp³-hybridized carbons (Fsp3) is 0.227. The maximum atomic E-state index is 12.1. The zero-order valence-corrected chi connectivity index (χ0v) is 15.5. The Bertz CT molecular complexity index is 868. The second-order valence-electron chi connectivity index (χ2n) is 6.45. The van der Waals surface area contributed by atoms with Crippen molar-refractivity contribution in [3.05, 3.63) is 82.9 Å². The van der Waals surface area contributed by atoms with Crippen LogP contribution in [0.15, 0.2) is 60.7 Å². The van der Waals surface area contributed by atoms with Gasteiger partial charge in [0.2, 0.25) is 5.91 Å². The van der Waals surface area contributed by atoms with E-state index < -0.39 is 0 Å². The number of carbonyl (C=O) groups is 1. The molecule has 2 nitrogen and oxygen atoms in total. The van der Waals surface area contributed by atoms with Crippen LogP contribution in [-0.2, 0) is 17.1 Å². The molecule has 3 aromatic rings. The largest absolute Gasteiger partial charge is 0.351 e. The summed E-state index contributed by atoms with van der Waals surface area (Å²) in [6, 6.07) is 21.1. The first-order valence-electron chi connectivity index (χ1n) is 8.49. The number of aryl methyl sites for hydroxylation is 2. The summed E-state index contributed by atoms with van der Waals surface area (Å²) in [5, 5.41) is 5.44. The highest BCUT2D eigenvalue weighted by atomic mass is 32.2. The van der Waals surface area contributed by atoms with Crippen molar-refractivity contribution in [2.24, 2.45) is 0 Å². The number of fused-ring (bicyclic) bond motifs is 1. The van der Waals surface area contributed by atoms with Gasteiger partial charge in [0.15, 0.2) is 0 Å². The maximum absolute atomic E-state index is 12.1. The number of hydrogen-bond donors (Lipinski definition) is 1. The summed E-state index contributed by atoms with van der Waals surface area (Å²) in [5.41, 5.74) is 4.96. The molecule has 0 unspecified atom stereocenters. The molecule has 0 aliphatic carbocycles. The molecule has 128 valence electrons. The minimum absolute atomic E-state index is 0.0857. The van der Waals surface area contributed by atoms with Crippen LogP contribution in [0.2, 0.25) is 0 Å². The summed E-state index contributed by atoms with van der Waals surface area (Å²) in [7, 11) is 0.